The zero-order valence-electron chi connectivity index (χ0n) is 13.6. The summed E-state index contributed by atoms with van der Waals surface area (Å²) in [4.78, 5) is 17.6. The summed E-state index contributed by atoms with van der Waals surface area (Å²) in [6, 6.07) is 7.42. The van der Waals surface area contributed by atoms with Crippen molar-refractivity contribution in [2.75, 3.05) is 17.2 Å². The van der Waals surface area contributed by atoms with Crippen LogP contribution in [0.5, 0.6) is 0 Å². The summed E-state index contributed by atoms with van der Waals surface area (Å²) in [6.07, 6.45) is 4.30. The van der Waals surface area contributed by atoms with Crippen molar-refractivity contribution in [2.45, 2.75) is 20.3 Å². The van der Waals surface area contributed by atoms with E-state index in [-0.39, 0.29) is 0 Å². The van der Waals surface area contributed by atoms with E-state index in [4.69, 9.17) is 11.6 Å². The Kier molecular flexibility index (Phi) is 5.05. The SMILES string of the molecule is CC(C)CCNc1nc(Nc2ccc(Cl)cc2)c2nccnc2n1. The molecule has 2 heterocycles. The Labute approximate surface area is 145 Å². The molecule has 3 aromatic rings. The largest absolute Gasteiger partial charge is 0.354 e. The average Bonchev–Trinajstić information content (AvgIpc) is 2.57. The predicted octanol–water partition coefficient (Wildman–Crippen LogP) is 4.27. The quantitative estimate of drug-likeness (QED) is 0.696. The molecule has 0 aliphatic rings. The van der Waals surface area contributed by atoms with Crippen molar-refractivity contribution in [3.63, 3.8) is 0 Å². The van der Waals surface area contributed by atoms with E-state index in [1.54, 1.807) is 12.4 Å². The number of rotatable bonds is 6. The van der Waals surface area contributed by atoms with Crippen LogP contribution in [0.25, 0.3) is 11.2 Å². The minimum Gasteiger partial charge on any atom is -0.354 e. The van der Waals surface area contributed by atoms with Crippen LogP contribution < -0.4 is 10.6 Å². The average molecular weight is 343 g/mol. The molecule has 0 saturated heterocycles. The normalized spacial score (nSPS) is 11.0. The van der Waals surface area contributed by atoms with Gasteiger partial charge < -0.3 is 10.6 Å². The summed E-state index contributed by atoms with van der Waals surface area (Å²) in [7, 11) is 0. The van der Waals surface area contributed by atoms with Gasteiger partial charge in [0, 0.05) is 29.6 Å². The van der Waals surface area contributed by atoms with Crippen molar-refractivity contribution in [1.29, 1.82) is 0 Å². The van der Waals surface area contributed by atoms with Crippen molar-refractivity contribution < 1.29 is 0 Å². The number of aromatic nitrogens is 4. The van der Waals surface area contributed by atoms with E-state index in [1.165, 1.54) is 0 Å². The smallest absolute Gasteiger partial charge is 0.226 e. The van der Waals surface area contributed by atoms with Crippen molar-refractivity contribution in [1.82, 2.24) is 19.9 Å². The lowest BCUT2D eigenvalue weighted by molar-refractivity contribution is 0.606. The van der Waals surface area contributed by atoms with Crippen LogP contribution in [0, 0.1) is 5.92 Å². The first-order valence-corrected chi connectivity index (χ1v) is 8.25. The fourth-order valence-electron chi connectivity index (χ4n) is 2.17. The molecule has 0 bridgehead atoms. The molecule has 2 aromatic heterocycles. The highest BCUT2D eigenvalue weighted by atomic mass is 35.5. The maximum absolute atomic E-state index is 5.93. The lowest BCUT2D eigenvalue weighted by atomic mass is 10.1. The van der Waals surface area contributed by atoms with Gasteiger partial charge in [-0.05, 0) is 36.6 Å². The Morgan fingerprint density at radius 2 is 1.79 bits per heavy atom. The summed E-state index contributed by atoms with van der Waals surface area (Å²) in [5.74, 6) is 1.77. The third-order valence-electron chi connectivity index (χ3n) is 3.44. The second kappa shape index (κ2) is 7.40. The number of benzene rings is 1. The standard InChI is InChI=1S/C17H19ClN6/c1-11(2)7-8-21-17-23-15-14(19-9-10-20-15)16(24-17)22-13-5-3-12(18)4-6-13/h3-6,9-11H,7-8H2,1-2H3,(H2,20,21,22,23,24). The second-order valence-corrected chi connectivity index (χ2v) is 6.30. The lowest BCUT2D eigenvalue weighted by Crippen LogP contribution is -2.10. The van der Waals surface area contributed by atoms with Gasteiger partial charge in [0.2, 0.25) is 5.95 Å². The van der Waals surface area contributed by atoms with Gasteiger partial charge in [-0.2, -0.15) is 9.97 Å². The highest BCUT2D eigenvalue weighted by molar-refractivity contribution is 6.30. The summed E-state index contributed by atoms with van der Waals surface area (Å²) in [6.45, 7) is 5.17. The molecule has 0 aliphatic carbocycles. The fourth-order valence-corrected chi connectivity index (χ4v) is 2.30. The molecule has 0 fully saturated rings. The Morgan fingerprint density at radius 1 is 1.04 bits per heavy atom. The number of nitrogens with one attached hydrogen (secondary N) is 2. The molecule has 0 radical (unpaired) electrons. The van der Waals surface area contributed by atoms with E-state index >= 15 is 0 Å². The van der Waals surface area contributed by atoms with Gasteiger partial charge in [0.25, 0.3) is 0 Å². The van der Waals surface area contributed by atoms with Crippen molar-refractivity contribution in [2.24, 2.45) is 5.92 Å². The molecule has 0 atom stereocenters. The Bertz CT molecular complexity index is 819. The third kappa shape index (κ3) is 4.08. The first kappa shape index (κ1) is 16.4. The number of hydrogen-bond donors (Lipinski definition) is 2. The first-order valence-electron chi connectivity index (χ1n) is 7.87. The number of hydrogen-bond acceptors (Lipinski definition) is 6. The minimum atomic E-state index is 0.542. The van der Waals surface area contributed by atoms with E-state index < -0.39 is 0 Å². The zero-order valence-corrected chi connectivity index (χ0v) is 14.4. The van der Waals surface area contributed by atoms with Crippen LogP contribution in [0.1, 0.15) is 20.3 Å². The molecule has 2 N–H and O–H groups in total. The molecule has 0 saturated carbocycles. The minimum absolute atomic E-state index is 0.542. The van der Waals surface area contributed by atoms with Gasteiger partial charge in [0.1, 0.15) is 0 Å². The van der Waals surface area contributed by atoms with Gasteiger partial charge >= 0.3 is 0 Å². The topological polar surface area (TPSA) is 75.6 Å². The number of nitrogens with zero attached hydrogens (tertiary/aromatic N) is 4. The fraction of sp³-hybridized carbons (Fsp3) is 0.294. The number of anilines is 3. The van der Waals surface area contributed by atoms with Crippen LogP contribution in [0.15, 0.2) is 36.7 Å². The van der Waals surface area contributed by atoms with Crippen molar-refractivity contribution in [3.05, 3.63) is 41.7 Å². The van der Waals surface area contributed by atoms with E-state index in [9.17, 15) is 0 Å². The van der Waals surface area contributed by atoms with E-state index in [0.717, 1.165) is 18.7 Å². The lowest BCUT2D eigenvalue weighted by Gasteiger charge is -2.11. The predicted molar refractivity (Wildman–Crippen MR) is 97.8 cm³/mol. The van der Waals surface area contributed by atoms with Crippen LogP contribution >= 0.6 is 11.6 Å². The molecule has 0 spiro atoms. The zero-order chi connectivity index (χ0) is 16.9. The Morgan fingerprint density at radius 3 is 2.54 bits per heavy atom. The third-order valence-corrected chi connectivity index (χ3v) is 3.70. The molecule has 1 aromatic carbocycles. The monoisotopic (exact) mass is 342 g/mol. The van der Waals surface area contributed by atoms with Crippen LogP contribution in [0.4, 0.5) is 17.5 Å². The van der Waals surface area contributed by atoms with Gasteiger partial charge in [-0.15, -0.1) is 0 Å². The Balaban J connectivity index is 1.90. The maximum atomic E-state index is 5.93. The molecule has 0 amide bonds. The molecule has 0 unspecified atom stereocenters. The highest BCUT2D eigenvalue weighted by Gasteiger charge is 2.10. The van der Waals surface area contributed by atoms with E-state index in [1.807, 2.05) is 24.3 Å². The second-order valence-electron chi connectivity index (χ2n) is 5.87. The molecule has 6 nitrogen and oxygen atoms in total. The molecule has 0 aliphatic heterocycles. The van der Waals surface area contributed by atoms with Gasteiger partial charge in [0.15, 0.2) is 17.0 Å². The summed E-state index contributed by atoms with van der Waals surface area (Å²) in [5, 5.41) is 7.20. The van der Waals surface area contributed by atoms with Gasteiger partial charge in [-0.3, -0.25) is 0 Å². The van der Waals surface area contributed by atoms with Crippen LogP contribution in [-0.4, -0.2) is 26.5 Å². The molecule has 124 valence electrons. The number of fused-ring (bicyclic) bond motifs is 1. The van der Waals surface area contributed by atoms with Crippen molar-refractivity contribution in [3.8, 4) is 0 Å². The van der Waals surface area contributed by atoms with Gasteiger partial charge in [-0.1, -0.05) is 25.4 Å². The first-order chi connectivity index (χ1) is 11.6. The van der Waals surface area contributed by atoms with Gasteiger partial charge in [0.05, 0.1) is 0 Å². The Hall–Kier alpha value is -2.47. The molecular formula is C17H19ClN6. The van der Waals surface area contributed by atoms with E-state index in [0.29, 0.717) is 33.9 Å². The highest BCUT2D eigenvalue weighted by Crippen LogP contribution is 2.23. The van der Waals surface area contributed by atoms with Gasteiger partial charge in [-0.25, -0.2) is 9.97 Å². The molecule has 7 heteroatoms. The van der Waals surface area contributed by atoms with Crippen LogP contribution in [-0.2, 0) is 0 Å². The molecular weight excluding hydrogens is 324 g/mol. The summed E-state index contributed by atoms with van der Waals surface area (Å²) >= 11 is 5.93. The summed E-state index contributed by atoms with van der Waals surface area (Å²) < 4.78 is 0. The summed E-state index contributed by atoms with van der Waals surface area (Å²) in [5.41, 5.74) is 2.05. The molecule has 3 rings (SSSR count). The maximum Gasteiger partial charge on any atom is 0.226 e. The number of halogens is 1. The van der Waals surface area contributed by atoms with E-state index in [2.05, 4.69) is 44.4 Å². The van der Waals surface area contributed by atoms with Crippen molar-refractivity contribution >= 4 is 40.2 Å². The van der Waals surface area contributed by atoms with Crippen LogP contribution in [0.2, 0.25) is 5.02 Å². The van der Waals surface area contributed by atoms with Crippen LogP contribution in [0.3, 0.4) is 0 Å². The molecule has 24 heavy (non-hydrogen) atoms.